The second-order valence-corrected chi connectivity index (χ2v) is 6.76. The maximum Gasteiger partial charge on any atom is 0.492 e. The molecule has 5 heteroatoms. The lowest BCUT2D eigenvalue weighted by Crippen LogP contribution is -2.29. The summed E-state index contributed by atoms with van der Waals surface area (Å²) in [4.78, 5) is 12.7. The largest absolute Gasteiger partial charge is 0.492 e. The maximum atomic E-state index is 12.7. The van der Waals surface area contributed by atoms with Gasteiger partial charge < -0.3 is 15.0 Å². The molecule has 0 saturated heterocycles. The van der Waals surface area contributed by atoms with Gasteiger partial charge in [-0.1, -0.05) is 42.5 Å². The van der Waals surface area contributed by atoms with Crippen molar-refractivity contribution >= 4 is 34.9 Å². The summed E-state index contributed by atoms with van der Waals surface area (Å²) < 4.78 is 5.56. The molecule has 0 aromatic heterocycles. The lowest BCUT2D eigenvalue weighted by atomic mass is 9.78. The first-order valence-electron chi connectivity index (χ1n) is 8.25. The van der Waals surface area contributed by atoms with Crippen molar-refractivity contribution in [3.05, 3.63) is 71.8 Å². The van der Waals surface area contributed by atoms with E-state index in [1.807, 2.05) is 68.4 Å². The van der Waals surface area contributed by atoms with Gasteiger partial charge in [0.15, 0.2) is 0 Å². The lowest BCUT2D eigenvalue weighted by Gasteiger charge is -2.19. The van der Waals surface area contributed by atoms with Crippen LogP contribution in [-0.2, 0) is 10.3 Å². The number of rotatable bonds is 2. The third-order valence-electron chi connectivity index (χ3n) is 4.66. The van der Waals surface area contributed by atoms with E-state index in [2.05, 4.69) is 5.32 Å². The van der Waals surface area contributed by atoms with Crippen LogP contribution in [-0.4, -0.2) is 18.0 Å². The standard InChI is InChI=1S/C20H18BNO3/c1-20(2)17-11-10-14(12-18(17)21(24)25-20)22-19(23)16-9-5-7-13-6-3-4-8-15(13)16/h3-12,24H,1-2H3,(H,22,23). The Balaban J connectivity index is 1.67. The Hall–Kier alpha value is -2.63. The van der Waals surface area contributed by atoms with Crippen molar-refractivity contribution in [3.8, 4) is 0 Å². The fourth-order valence-corrected chi connectivity index (χ4v) is 3.42. The zero-order valence-corrected chi connectivity index (χ0v) is 14.1. The zero-order valence-electron chi connectivity index (χ0n) is 14.1. The van der Waals surface area contributed by atoms with Gasteiger partial charge in [0.2, 0.25) is 0 Å². The molecular weight excluding hydrogens is 313 g/mol. The first-order chi connectivity index (χ1) is 12.0. The van der Waals surface area contributed by atoms with Gasteiger partial charge in [-0.3, -0.25) is 4.79 Å². The second kappa shape index (κ2) is 5.72. The smallest absolute Gasteiger partial charge is 0.423 e. The van der Waals surface area contributed by atoms with Gasteiger partial charge in [0.05, 0.1) is 5.60 Å². The molecule has 4 rings (SSSR count). The van der Waals surface area contributed by atoms with Crippen molar-refractivity contribution in [3.63, 3.8) is 0 Å². The van der Waals surface area contributed by atoms with Crippen LogP contribution in [0, 0.1) is 0 Å². The number of carbonyl (C=O) groups excluding carboxylic acids is 1. The van der Waals surface area contributed by atoms with Gasteiger partial charge in [-0.2, -0.15) is 0 Å². The fraction of sp³-hybridized carbons (Fsp3) is 0.150. The van der Waals surface area contributed by atoms with Crippen molar-refractivity contribution in [2.24, 2.45) is 0 Å². The molecule has 3 aromatic carbocycles. The number of nitrogens with one attached hydrogen (secondary N) is 1. The monoisotopic (exact) mass is 331 g/mol. The molecule has 3 aromatic rings. The van der Waals surface area contributed by atoms with Gasteiger partial charge in [0, 0.05) is 11.3 Å². The number of hydrogen-bond acceptors (Lipinski definition) is 3. The molecule has 1 aliphatic rings. The summed E-state index contributed by atoms with van der Waals surface area (Å²) in [5.41, 5.74) is 2.35. The topological polar surface area (TPSA) is 58.6 Å². The Bertz CT molecular complexity index is 978. The molecule has 0 aliphatic carbocycles. The highest BCUT2D eigenvalue weighted by Gasteiger charge is 2.40. The van der Waals surface area contributed by atoms with E-state index in [9.17, 15) is 9.82 Å². The van der Waals surface area contributed by atoms with Gasteiger partial charge in [-0.15, -0.1) is 0 Å². The van der Waals surface area contributed by atoms with E-state index in [-0.39, 0.29) is 5.91 Å². The summed E-state index contributed by atoms with van der Waals surface area (Å²) in [7, 11) is -0.973. The summed E-state index contributed by atoms with van der Waals surface area (Å²) in [6, 6.07) is 19.0. The molecular formula is C20H18BNO3. The highest BCUT2D eigenvalue weighted by Crippen LogP contribution is 2.31. The number of fused-ring (bicyclic) bond motifs is 2. The van der Waals surface area contributed by atoms with Gasteiger partial charge in [0.25, 0.3) is 5.91 Å². The molecule has 0 bridgehead atoms. The van der Waals surface area contributed by atoms with E-state index in [1.165, 1.54) is 0 Å². The number of benzene rings is 3. The van der Waals surface area contributed by atoms with Crippen LogP contribution in [0.25, 0.3) is 10.8 Å². The molecule has 0 radical (unpaired) electrons. The van der Waals surface area contributed by atoms with E-state index < -0.39 is 12.7 Å². The molecule has 25 heavy (non-hydrogen) atoms. The van der Waals surface area contributed by atoms with Crippen LogP contribution in [0.1, 0.15) is 29.8 Å². The lowest BCUT2D eigenvalue weighted by molar-refractivity contribution is 0.101. The van der Waals surface area contributed by atoms with E-state index in [0.29, 0.717) is 16.7 Å². The Labute approximate surface area is 146 Å². The first-order valence-corrected chi connectivity index (χ1v) is 8.25. The Kier molecular flexibility index (Phi) is 3.63. The summed E-state index contributed by atoms with van der Waals surface area (Å²) in [6.45, 7) is 3.83. The highest BCUT2D eigenvalue weighted by molar-refractivity contribution is 6.62. The number of amides is 1. The Morgan fingerprint density at radius 2 is 1.84 bits per heavy atom. The molecule has 2 N–H and O–H groups in total. The predicted octanol–water partition coefficient (Wildman–Crippen LogP) is 3.04. The minimum Gasteiger partial charge on any atom is -0.423 e. The molecule has 0 atom stereocenters. The zero-order chi connectivity index (χ0) is 17.6. The van der Waals surface area contributed by atoms with Crippen LogP contribution in [0.2, 0.25) is 0 Å². The molecule has 1 amide bonds. The molecule has 0 unspecified atom stereocenters. The quantitative estimate of drug-likeness (QED) is 0.710. The minimum absolute atomic E-state index is 0.176. The molecule has 0 saturated carbocycles. The second-order valence-electron chi connectivity index (χ2n) is 6.76. The van der Waals surface area contributed by atoms with E-state index in [4.69, 9.17) is 4.65 Å². The Morgan fingerprint density at radius 1 is 1.08 bits per heavy atom. The van der Waals surface area contributed by atoms with E-state index in [1.54, 1.807) is 6.07 Å². The minimum atomic E-state index is -0.973. The molecule has 0 spiro atoms. The average Bonchev–Trinajstić information content (AvgIpc) is 2.83. The van der Waals surface area contributed by atoms with Crippen molar-refractivity contribution in [1.82, 2.24) is 0 Å². The molecule has 0 fully saturated rings. The van der Waals surface area contributed by atoms with Crippen molar-refractivity contribution in [2.75, 3.05) is 5.32 Å². The summed E-state index contributed by atoms with van der Waals surface area (Å²) >= 11 is 0. The summed E-state index contributed by atoms with van der Waals surface area (Å²) in [5, 5.41) is 15.0. The van der Waals surface area contributed by atoms with Crippen LogP contribution < -0.4 is 10.8 Å². The Morgan fingerprint density at radius 3 is 2.68 bits per heavy atom. The third-order valence-corrected chi connectivity index (χ3v) is 4.66. The van der Waals surface area contributed by atoms with Gasteiger partial charge >= 0.3 is 7.12 Å². The SMILES string of the molecule is CC1(C)OB(O)c2cc(NC(=O)c3cccc4ccccc34)ccc21. The normalized spacial score (nSPS) is 15.2. The molecule has 1 aliphatic heterocycles. The van der Waals surface area contributed by atoms with Gasteiger partial charge in [0.1, 0.15) is 0 Å². The van der Waals surface area contributed by atoms with Gasteiger partial charge in [-0.05, 0) is 53.8 Å². The highest BCUT2D eigenvalue weighted by atomic mass is 16.5. The molecule has 4 nitrogen and oxygen atoms in total. The molecule has 1 heterocycles. The average molecular weight is 331 g/mol. The van der Waals surface area contributed by atoms with Crippen molar-refractivity contribution < 1.29 is 14.5 Å². The number of anilines is 1. The summed E-state index contributed by atoms with van der Waals surface area (Å²) in [6.07, 6.45) is 0. The van der Waals surface area contributed by atoms with Crippen LogP contribution >= 0.6 is 0 Å². The van der Waals surface area contributed by atoms with E-state index in [0.717, 1.165) is 16.3 Å². The molecule has 124 valence electrons. The van der Waals surface area contributed by atoms with Gasteiger partial charge in [-0.25, -0.2) is 0 Å². The van der Waals surface area contributed by atoms with E-state index >= 15 is 0 Å². The van der Waals surface area contributed by atoms with Crippen LogP contribution in [0.5, 0.6) is 0 Å². The summed E-state index contributed by atoms with van der Waals surface area (Å²) in [5.74, 6) is -0.176. The number of hydrogen-bond donors (Lipinski definition) is 2. The number of carbonyl (C=O) groups is 1. The third kappa shape index (κ3) is 2.71. The van der Waals surface area contributed by atoms with Crippen molar-refractivity contribution in [2.45, 2.75) is 19.4 Å². The fourth-order valence-electron chi connectivity index (χ4n) is 3.42. The van der Waals surface area contributed by atoms with Crippen LogP contribution in [0.4, 0.5) is 5.69 Å². The maximum absolute atomic E-state index is 12.7. The van der Waals surface area contributed by atoms with Crippen molar-refractivity contribution in [1.29, 1.82) is 0 Å². The van der Waals surface area contributed by atoms with Crippen LogP contribution in [0.15, 0.2) is 60.7 Å². The predicted molar refractivity (Wildman–Crippen MR) is 100 cm³/mol. The van der Waals surface area contributed by atoms with Crippen LogP contribution in [0.3, 0.4) is 0 Å². The first kappa shape index (κ1) is 15.9.